The van der Waals surface area contributed by atoms with E-state index in [4.69, 9.17) is 16.1 Å². The molecule has 8 heteroatoms. The lowest BCUT2D eigenvalue weighted by Crippen LogP contribution is -2.49. The average Bonchev–Trinajstić information content (AvgIpc) is 2.33. The number of nitrogens with two attached hydrogens (primary N) is 2. The largest absolute Gasteiger partial charge is 0.368 e. The fourth-order valence-corrected chi connectivity index (χ4v) is 3.42. The van der Waals surface area contributed by atoms with Crippen molar-refractivity contribution < 1.29 is 13.0 Å². The van der Waals surface area contributed by atoms with Crippen molar-refractivity contribution in [2.24, 2.45) is 16.6 Å². The van der Waals surface area contributed by atoms with E-state index in [9.17, 15) is 8.42 Å². The minimum absolute atomic E-state index is 0.0260. The van der Waals surface area contributed by atoms with Crippen LogP contribution < -0.4 is 11.6 Å². The third-order valence-electron chi connectivity index (χ3n) is 3.34. The zero-order valence-electron chi connectivity index (χ0n) is 14.0. The Morgan fingerprint density at radius 2 is 1.65 bits per heavy atom. The average molecular weight is 340 g/mol. The molecule has 1 aromatic rings. The number of hydrogen-bond donors (Lipinski definition) is 3. The van der Waals surface area contributed by atoms with E-state index in [1.165, 1.54) is 5.01 Å². The van der Waals surface area contributed by atoms with Crippen LogP contribution in [-0.2, 0) is 10.1 Å². The van der Waals surface area contributed by atoms with Crippen LogP contribution in [0.1, 0.15) is 30.5 Å². The van der Waals surface area contributed by atoms with E-state index in [2.05, 4.69) is 4.99 Å². The molecule has 0 radical (unpaired) electrons. The van der Waals surface area contributed by atoms with E-state index in [-0.39, 0.29) is 10.9 Å². The van der Waals surface area contributed by atoms with Gasteiger partial charge in [-0.15, -0.1) is 0 Å². The van der Waals surface area contributed by atoms with Crippen molar-refractivity contribution in [3.63, 3.8) is 0 Å². The van der Waals surface area contributed by atoms with Crippen LogP contribution in [0.25, 0.3) is 0 Å². The Balaban J connectivity index is 0.000000238. The van der Waals surface area contributed by atoms with Crippen molar-refractivity contribution in [3.05, 3.63) is 40.6 Å². The lowest BCUT2D eigenvalue weighted by Gasteiger charge is -2.25. The third kappa shape index (κ3) is 5.05. The summed E-state index contributed by atoms with van der Waals surface area (Å²) in [4.78, 5) is 4.00. The molecule has 5 N–H and O–H groups in total. The fraction of sp³-hybridized carbons (Fsp3) is 0.400. The quantitative estimate of drug-likeness (QED) is 0.528. The first kappa shape index (κ1) is 19.1. The third-order valence-corrected chi connectivity index (χ3v) is 4.50. The van der Waals surface area contributed by atoms with Gasteiger partial charge in [-0.25, -0.2) is 10.8 Å². The SMILES string of the molecule is CC1=CC(C)N(N)C(N)=N1.Cc1cc(C)c(S(=O)(=O)O)c(C)c1. The van der Waals surface area contributed by atoms with E-state index >= 15 is 0 Å². The number of aliphatic imine (C=N–C) groups is 1. The van der Waals surface area contributed by atoms with Crippen LogP contribution in [0, 0.1) is 20.8 Å². The smallest absolute Gasteiger partial charge is 0.295 e. The van der Waals surface area contributed by atoms with Gasteiger partial charge < -0.3 is 5.73 Å². The molecule has 23 heavy (non-hydrogen) atoms. The second-order valence-electron chi connectivity index (χ2n) is 5.63. The molecular weight excluding hydrogens is 316 g/mol. The molecule has 128 valence electrons. The van der Waals surface area contributed by atoms with Gasteiger partial charge in [-0.1, -0.05) is 17.7 Å². The predicted molar refractivity (Wildman–Crippen MR) is 91.3 cm³/mol. The molecule has 1 aromatic carbocycles. The highest BCUT2D eigenvalue weighted by Gasteiger charge is 2.16. The Hall–Kier alpha value is -1.90. The lowest BCUT2D eigenvalue weighted by atomic mass is 10.1. The molecule has 1 aliphatic heterocycles. The Kier molecular flexibility index (Phi) is 5.92. The van der Waals surface area contributed by atoms with Crippen molar-refractivity contribution in [2.45, 2.75) is 45.6 Å². The summed E-state index contributed by atoms with van der Waals surface area (Å²) >= 11 is 0. The second kappa shape index (κ2) is 7.12. The van der Waals surface area contributed by atoms with Crippen LogP contribution in [0.2, 0.25) is 0 Å². The summed E-state index contributed by atoms with van der Waals surface area (Å²) in [7, 11) is -4.08. The Labute approximate surface area is 137 Å². The molecule has 7 nitrogen and oxygen atoms in total. The van der Waals surface area contributed by atoms with Gasteiger partial charge in [0.2, 0.25) is 5.96 Å². The zero-order chi connectivity index (χ0) is 17.9. The number of hydrogen-bond acceptors (Lipinski definition) is 6. The first-order chi connectivity index (χ1) is 10.4. The van der Waals surface area contributed by atoms with Crippen LogP contribution in [0.5, 0.6) is 0 Å². The molecule has 0 fully saturated rings. The van der Waals surface area contributed by atoms with Crippen LogP contribution in [0.4, 0.5) is 0 Å². The summed E-state index contributed by atoms with van der Waals surface area (Å²) in [5, 5.41) is 1.44. The molecule has 1 heterocycles. The molecular formula is C15H24N4O3S. The summed E-state index contributed by atoms with van der Waals surface area (Å²) in [5.74, 6) is 5.90. The molecule has 2 rings (SSSR count). The highest BCUT2D eigenvalue weighted by Crippen LogP contribution is 2.20. The number of nitrogens with zero attached hydrogens (tertiary/aromatic N) is 2. The van der Waals surface area contributed by atoms with Crippen LogP contribution >= 0.6 is 0 Å². The number of benzene rings is 1. The maximum Gasteiger partial charge on any atom is 0.295 e. The van der Waals surface area contributed by atoms with E-state index in [0.29, 0.717) is 17.1 Å². The lowest BCUT2D eigenvalue weighted by molar-refractivity contribution is 0.381. The Bertz CT molecular complexity index is 731. The summed E-state index contributed by atoms with van der Waals surface area (Å²) in [6.45, 7) is 9.08. The van der Waals surface area contributed by atoms with Gasteiger partial charge in [0, 0.05) is 5.70 Å². The zero-order valence-corrected chi connectivity index (χ0v) is 14.8. The molecule has 0 saturated carbocycles. The topological polar surface area (TPSA) is 122 Å². The molecule has 0 saturated heterocycles. The van der Waals surface area contributed by atoms with Gasteiger partial charge in [0.15, 0.2) is 0 Å². The molecule has 0 aromatic heterocycles. The molecule has 0 bridgehead atoms. The predicted octanol–water partition coefficient (Wildman–Crippen LogP) is 1.64. The van der Waals surface area contributed by atoms with Gasteiger partial charge in [0.25, 0.3) is 10.1 Å². The van der Waals surface area contributed by atoms with Crippen LogP contribution in [0.3, 0.4) is 0 Å². The van der Waals surface area contributed by atoms with Crippen LogP contribution in [0.15, 0.2) is 33.8 Å². The van der Waals surface area contributed by atoms with Gasteiger partial charge >= 0.3 is 0 Å². The summed E-state index contributed by atoms with van der Waals surface area (Å²) in [6, 6.07) is 3.61. The van der Waals surface area contributed by atoms with Crippen molar-refractivity contribution in [3.8, 4) is 0 Å². The van der Waals surface area contributed by atoms with Gasteiger partial charge in [-0.05, 0) is 51.8 Å². The van der Waals surface area contributed by atoms with E-state index in [1.807, 2.05) is 26.8 Å². The van der Waals surface area contributed by atoms with Crippen molar-refractivity contribution in [2.75, 3.05) is 0 Å². The Morgan fingerprint density at radius 3 is 2.04 bits per heavy atom. The van der Waals surface area contributed by atoms with Gasteiger partial charge in [0.1, 0.15) is 0 Å². The monoisotopic (exact) mass is 340 g/mol. The summed E-state index contributed by atoms with van der Waals surface area (Å²) < 4.78 is 30.8. The fourth-order valence-electron chi connectivity index (χ4n) is 2.49. The Morgan fingerprint density at radius 1 is 1.17 bits per heavy atom. The standard InChI is InChI=1S/C9H12O3S.C6H12N4/c1-6-4-7(2)9(8(3)5-6)13(10,11)12;1-4-3-5(2)10(8)6(7)9-4/h4-5H,1-3H3,(H,10,11,12);3,5H,8H2,1-2H3,(H2,7,9). The van der Waals surface area contributed by atoms with Gasteiger partial charge in [-0.3, -0.25) is 9.56 Å². The molecule has 1 atom stereocenters. The minimum Gasteiger partial charge on any atom is -0.368 e. The van der Waals surface area contributed by atoms with Gasteiger partial charge in [0.05, 0.1) is 10.9 Å². The maximum atomic E-state index is 10.9. The van der Waals surface area contributed by atoms with E-state index in [1.54, 1.807) is 26.0 Å². The number of rotatable bonds is 1. The number of hydrazine groups is 1. The first-order valence-electron chi connectivity index (χ1n) is 7.05. The molecule has 0 amide bonds. The van der Waals surface area contributed by atoms with E-state index < -0.39 is 10.1 Å². The number of guanidine groups is 1. The number of aryl methyl sites for hydroxylation is 3. The molecule has 1 unspecified atom stereocenters. The highest BCUT2D eigenvalue weighted by molar-refractivity contribution is 7.86. The minimum atomic E-state index is -4.08. The summed E-state index contributed by atoms with van der Waals surface area (Å²) in [6.07, 6.45) is 1.95. The molecule has 0 aliphatic carbocycles. The van der Waals surface area contributed by atoms with Crippen LogP contribution in [-0.4, -0.2) is 30.0 Å². The van der Waals surface area contributed by atoms with E-state index in [0.717, 1.165) is 11.3 Å². The normalized spacial score (nSPS) is 17.9. The van der Waals surface area contributed by atoms with Crippen molar-refractivity contribution in [1.82, 2.24) is 5.01 Å². The second-order valence-corrected chi connectivity index (χ2v) is 6.99. The van der Waals surface area contributed by atoms with Crippen molar-refractivity contribution in [1.29, 1.82) is 0 Å². The van der Waals surface area contributed by atoms with Gasteiger partial charge in [-0.2, -0.15) is 8.42 Å². The number of allylic oxidation sites excluding steroid dienone is 1. The first-order valence-corrected chi connectivity index (χ1v) is 8.49. The molecule has 0 spiro atoms. The maximum absolute atomic E-state index is 10.9. The van der Waals surface area contributed by atoms with Crippen molar-refractivity contribution >= 4 is 16.1 Å². The summed E-state index contributed by atoms with van der Waals surface area (Å²) in [5.41, 5.74) is 8.55. The molecule has 1 aliphatic rings. The highest BCUT2D eigenvalue weighted by atomic mass is 32.2.